The van der Waals surface area contributed by atoms with E-state index in [9.17, 15) is 13.6 Å². The fourth-order valence-corrected chi connectivity index (χ4v) is 4.58. The molecule has 134 valence electrons. The summed E-state index contributed by atoms with van der Waals surface area (Å²) in [6.07, 6.45) is 2.84. The van der Waals surface area contributed by atoms with Gasteiger partial charge in [-0.2, -0.15) is 0 Å². The Kier molecular flexibility index (Phi) is 4.39. The van der Waals surface area contributed by atoms with Crippen molar-refractivity contribution in [3.05, 3.63) is 46.9 Å². The summed E-state index contributed by atoms with van der Waals surface area (Å²) < 4.78 is 27.0. The van der Waals surface area contributed by atoms with Gasteiger partial charge < -0.3 is 5.32 Å². The molecule has 4 nitrogen and oxygen atoms in total. The van der Waals surface area contributed by atoms with E-state index >= 15 is 0 Å². The highest BCUT2D eigenvalue weighted by Gasteiger charge is 2.51. The van der Waals surface area contributed by atoms with Crippen LogP contribution in [-0.2, 0) is 10.7 Å². The molecule has 3 rings (SSSR count). The lowest BCUT2D eigenvalue weighted by atomic mass is 9.74. The Morgan fingerprint density at radius 1 is 1.36 bits per heavy atom. The van der Waals surface area contributed by atoms with Crippen LogP contribution < -0.4 is 5.32 Å². The van der Waals surface area contributed by atoms with Gasteiger partial charge in [-0.05, 0) is 24.3 Å². The number of carbonyl (C=O) groups is 1. The predicted molar refractivity (Wildman–Crippen MR) is 95.9 cm³/mol. The predicted octanol–water partition coefficient (Wildman–Crippen LogP) is 3.66. The molecule has 1 unspecified atom stereocenters. The molecule has 0 saturated carbocycles. The second kappa shape index (κ2) is 6.12. The molecule has 0 bridgehead atoms. The molecule has 0 radical (unpaired) electrons. The molecule has 25 heavy (non-hydrogen) atoms. The maximum atomic E-state index is 13.5. The van der Waals surface area contributed by atoms with Crippen molar-refractivity contribution >= 4 is 23.6 Å². The van der Waals surface area contributed by atoms with Gasteiger partial charge in [0.2, 0.25) is 5.91 Å². The maximum Gasteiger partial charge on any atom is 0.270 e. The second-order valence-electron chi connectivity index (χ2n) is 6.83. The maximum absolute atomic E-state index is 13.5. The second-order valence-corrected chi connectivity index (χ2v) is 7.94. The molecule has 1 saturated heterocycles. The summed E-state index contributed by atoms with van der Waals surface area (Å²) in [6, 6.07) is 5.96. The van der Waals surface area contributed by atoms with E-state index in [0.717, 1.165) is 13.3 Å². The van der Waals surface area contributed by atoms with Crippen molar-refractivity contribution in [1.29, 1.82) is 5.41 Å². The van der Waals surface area contributed by atoms with Crippen molar-refractivity contribution in [2.75, 3.05) is 7.05 Å². The Hall–Kier alpha value is -1.89. The Bertz CT molecular complexity index is 721. The molecular weight excluding hydrogens is 344 g/mol. The standard InChI is InChI=1S/C18H21F2N3OS/c1-17(13-5-4-10-25-13)14(15(24)23(3)16(21)22-17)11-6-8-12(9-7-11)18(2,19)20/h4,6-10,13-14H,5H2,1-3H3,(H2,21,22)/t13?,14-,17+/m0/s1. The number of hydrogen-bond acceptors (Lipinski definition) is 3. The number of amides is 1. The van der Waals surface area contributed by atoms with Crippen molar-refractivity contribution in [1.82, 2.24) is 10.2 Å². The van der Waals surface area contributed by atoms with Crippen molar-refractivity contribution in [3.63, 3.8) is 0 Å². The van der Waals surface area contributed by atoms with Gasteiger partial charge in [-0.1, -0.05) is 30.3 Å². The van der Waals surface area contributed by atoms with Crippen molar-refractivity contribution in [3.8, 4) is 0 Å². The highest BCUT2D eigenvalue weighted by atomic mass is 32.2. The number of rotatable bonds is 3. The van der Waals surface area contributed by atoms with Crippen LogP contribution in [0.3, 0.4) is 0 Å². The Balaban J connectivity index is 2.02. The molecule has 2 heterocycles. The first kappa shape index (κ1) is 17.9. The number of nitrogens with one attached hydrogen (secondary N) is 2. The van der Waals surface area contributed by atoms with Crippen LogP contribution in [0.2, 0.25) is 0 Å². The Morgan fingerprint density at radius 3 is 2.52 bits per heavy atom. The molecule has 2 aliphatic heterocycles. The van der Waals surface area contributed by atoms with Gasteiger partial charge in [0.15, 0.2) is 5.96 Å². The summed E-state index contributed by atoms with van der Waals surface area (Å²) in [5.74, 6) is -3.60. The van der Waals surface area contributed by atoms with E-state index in [-0.39, 0.29) is 22.7 Å². The number of allylic oxidation sites excluding steroid dienone is 1. The first-order chi connectivity index (χ1) is 11.6. The van der Waals surface area contributed by atoms with E-state index in [4.69, 9.17) is 5.41 Å². The molecule has 3 atom stereocenters. The third-order valence-corrected chi connectivity index (χ3v) is 6.37. The lowest BCUT2D eigenvalue weighted by Crippen LogP contribution is -2.67. The van der Waals surface area contributed by atoms with Crippen LogP contribution in [0, 0.1) is 5.41 Å². The van der Waals surface area contributed by atoms with Gasteiger partial charge >= 0.3 is 0 Å². The number of hydrogen-bond donors (Lipinski definition) is 2. The highest BCUT2D eigenvalue weighted by molar-refractivity contribution is 8.03. The topological polar surface area (TPSA) is 56.2 Å². The van der Waals surface area contributed by atoms with E-state index in [1.54, 1.807) is 30.9 Å². The number of benzene rings is 1. The minimum atomic E-state index is -2.92. The number of carbonyl (C=O) groups excluding carboxylic acids is 1. The average molecular weight is 365 g/mol. The zero-order chi connectivity index (χ0) is 18.4. The van der Waals surface area contributed by atoms with Gasteiger partial charge in [0.25, 0.3) is 5.92 Å². The van der Waals surface area contributed by atoms with E-state index < -0.39 is 17.4 Å². The lowest BCUT2D eigenvalue weighted by Gasteiger charge is -2.48. The van der Waals surface area contributed by atoms with E-state index in [1.807, 2.05) is 18.4 Å². The first-order valence-electron chi connectivity index (χ1n) is 8.07. The molecule has 7 heteroatoms. The zero-order valence-electron chi connectivity index (χ0n) is 14.3. The fourth-order valence-electron chi connectivity index (χ4n) is 3.47. The third kappa shape index (κ3) is 3.05. The van der Waals surface area contributed by atoms with Gasteiger partial charge in [-0.25, -0.2) is 8.78 Å². The SMILES string of the molecule is CN1C(=N)N[C@](C)(C2CC=CS2)[C@@H](c2ccc(C(C)(F)F)cc2)C1=O. The van der Waals surface area contributed by atoms with E-state index in [1.165, 1.54) is 17.0 Å². The van der Waals surface area contributed by atoms with Gasteiger partial charge in [0.05, 0.1) is 11.5 Å². The van der Waals surface area contributed by atoms with Crippen LogP contribution >= 0.6 is 11.8 Å². The molecule has 1 fully saturated rings. The summed E-state index contributed by atoms with van der Waals surface area (Å²) in [5.41, 5.74) is -0.0718. The molecule has 1 aromatic carbocycles. The van der Waals surface area contributed by atoms with Crippen LogP contribution in [0.15, 0.2) is 35.7 Å². The fraction of sp³-hybridized carbons (Fsp3) is 0.444. The molecular formula is C18H21F2N3OS. The third-order valence-electron chi connectivity index (χ3n) is 5.01. The number of nitrogens with zero attached hydrogens (tertiary/aromatic N) is 1. The average Bonchev–Trinajstić information content (AvgIpc) is 3.08. The van der Waals surface area contributed by atoms with Crippen LogP contribution in [0.1, 0.15) is 37.3 Å². The number of likely N-dealkylation sites (N-methyl/N-ethyl adjacent to an activating group) is 1. The molecule has 2 N–H and O–H groups in total. The minimum Gasteiger partial charge on any atom is -0.349 e. The Morgan fingerprint density at radius 2 is 2.00 bits per heavy atom. The van der Waals surface area contributed by atoms with Crippen LogP contribution in [-0.4, -0.2) is 34.6 Å². The smallest absolute Gasteiger partial charge is 0.270 e. The normalized spacial score (nSPS) is 29.9. The summed E-state index contributed by atoms with van der Waals surface area (Å²) in [6.45, 7) is 2.79. The molecule has 2 aliphatic rings. The largest absolute Gasteiger partial charge is 0.349 e. The highest BCUT2D eigenvalue weighted by Crippen LogP contribution is 2.44. The Labute approximate surface area is 150 Å². The van der Waals surface area contributed by atoms with Gasteiger partial charge in [0.1, 0.15) is 0 Å². The molecule has 0 aromatic heterocycles. The quantitative estimate of drug-likeness (QED) is 0.860. The van der Waals surface area contributed by atoms with Gasteiger partial charge in [-0.15, -0.1) is 11.8 Å². The molecule has 1 amide bonds. The van der Waals surface area contributed by atoms with Gasteiger partial charge in [0, 0.05) is 24.8 Å². The minimum absolute atomic E-state index is 0.0629. The van der Waals surface area contributed by atoms with Crippen molar-refractivity contribution < 1.29 is 13.6 Å². The van der Waals surface area contributed by atoms with Crippen molar-refractivity contribution in [2.45, 2.75) is 42.9 Å². The molecule has 0 aliphatic carbocycles. The number of thioether (sulfide) groups is 1. The number of guanidine groups is 1. The number of halogens is 2. The van der Waals surface area contributed by atoms with Crippen LogP contribution in [0.5, 0.6) is 0 Å². The molecule has 0 spiro atoms. The van der Waals surface area contributed by atoms with Gasteiger partial charge in [-0.3, -0.25) is 15.1 Å². The number of alkyl halides is 2. The van der Waals surface area contributed by atoms with Crippen LogP contribution in [0.25, 0.3) is 0 Å². The summed E-state index contributed by atoms with van der Waals surface area (Å²) >= 11 is 1.63. The lowest BCUT2D eigenvalue weighted by molar-refractivity contribution is -0.131. The summed E-state index contributed by atoms with van der Waals surface area (Å²) in [4.78, 5) is 14.2. The van der Waals surface area contributed by atoms with Crippen molar-refractivity contribution in [2.24, 2.45) is 0 Å². The monoisotopic (exact) mass is 365 g/mol. The summed E-state index contributed by atoms with van der Waals surface area (Å²) in [5, 5.41) is 13.4. The van der Waals surface area contributed by atoms with E-state index in [2.05, 4.69) is 5.32 Å². The summed E-state index contributed by atoms with van der Waals surface area (Å²) in [7, 11) is 1.55. The molecule has 1 aromatic rings. The van der Waals surface area contributed by atoms with E-state index in [0.29, 0.717) is 5.56 Å². The first-order valence-corrected chi connectivity index (χ1v) is 9.02. The van der Waals surface area contributed by atoms with Crippen LogP contribution in [0.4, 0.5) is 8.78 Å². The zero-order valence-corrected chi connectivity index (χ0v) is 15.2.